The minimum Gasteiger partial charge on any atom is -0.343 e. The molecule has 3 rings (SSSR count). The second-order valence-electron chi connectivity index (χ2n) is 4.62. The summed E-state index contributed by atoms with van der Waals surface area (Å²) in [6.07, 6.45) is 2.70. The molecule has 0 atom stereocenters. The molecule has 2 nitrogen and oxygen atoms in total. The predicted molar refractivity (Wildman–Crippen MR) is 77.8 cm³/mol. The van der Waals surface area contributed by atoms with Crippen molar-refractivity contribution >= 4 is 28.8 Å². The number of carbonyl (C=O) groups is 1. The van der Waals surface area contributed by atoms with E-state index in [1.54, 1.807) is 18.2 Å². The number of carbonyl (C=O) groups excluding carboxylic acids is 1. The molecule has 1 heterocycles. The summed E-state index contributed by atoms with van der Waals surface area (Å²) >= 11 is 5.75. The third-order valence-corrected chi connectivity index (χ3v) is 3.52. The molecule has 0 amide bonds. The standard InChI is InChI=1S/C16H11ClFNO/c17-14-3-2-13(15(18)8-14)9-19-6-5-12-7-11(10-20)1-4-16(12)19/h1-8,10H,9H2. The van der Waals surface area contributed by atoms with Gasteiger partial charge in [0, 0.05) is 33.2 Å². The van der Waals surface area contributed by atoms with Crippen LogP contribution in [0.3, 0.4) is 0 Å². The smallest absolute Gasteiger partial charge is 0.150 e. The molecule has 1 aromatic heterocycles. The predicted octanol–water partition coefficient (Wildman–Crippen LogP) is 4.29. The first-order chi connectivity index (χ1) is 9.67. The SMILES string of the molecule is O=Cc1ccc2c(ccn2Cc2ccc(Cl)cc2F)c1. The summed E-state index contributed by atoms with van der Waals surface area (Å²) in [5.74, 6) is -0.316. The van der Waals surface area contributed by atoms with Gasteiger partial charge in [-0.25, -0.2) is 4.39 Å². The molecule has 0 spiro atoms. The van der Waals surface area contributed by atoms with E-state index >= 15 is 0 Å². The lowest BCUT2D eigenvalue weighted by Gasteiger charge is -2.07. The van der Waals surface area contributed by atoms with Crippen LogP contribution in [0.2, 0.25) is 5.02 Å². The average Bonchev–Trinajstić information content (AvgIpc) is 2.84. The van der Waals surface area contributed by atoms with Crippen molar-refractivity contribution in [3.05, 3.63) is 70.6 Å². The van der Waals surface area contributed by atoms with E-state index < -0.39 is 0 Å². The molecule has 0 radical (unpaired) electrons. The number of fused-ring (bicyclic) bond motifs is 1. The lowest BCUT2D eigenvalue weighted by atomic mass is 10.1. The molecule has 0 aliphatic carbocycles. The van der Waals surface area contributed by atoms with Crippen LogP contribution < -0.4 is 0 Å². The van der Waals surface area contributed by atoms with Crippen LogP contribution in [0.4, 0.5) is 4.39 Å². The van der Waals surface area contributed by atoms with E-state index in [9.17, 15) is 9.18 Å². The molecule has 0 bridgehead atoms. The maximum absolute atomic E-state index is 13.8. The van der Waals surface area contributed by atoms with Crippen LogP contribution in [0.1, 0.15) is 15.9 Å². The van der Waals surface area contributed by atoms with E-state index in [1.165, 1.54) is 6.07 Å². The topological polar surface area (TPSA) is 22.0 Å². The van der Waals surface area contributed by atoms with Crippen molar-refractivity contribution in [2.45, 2.75) is 6.54 Å². The number of aromatic nitrogens is 1. The molecule has 2 aromatic carbocycles. The van der Waals surface area contributed by atoms with Crippen LogP contribution in [0.25, 0.3) is 10.9 Å². The highest BCUT2D eigenvalue weighted by Gasteiger charge is 2.07. The average molecular weight is 288 g/mol. The monoisotopic (exact) mass is 287 g/mol. The Balaban J connectivity index is 2.00. The van der Waals surface area contributed by atoms with E-state index in [2.05, 4.69) is 0 Å². The zero-order chi connectivity index (χ0) is 14.1. The minimum absolute atomic E-state index is 0.316. The minimum atomic E-state index is -0.316. The van der Waals surface area contributed by atoms with Gasteiger partial charge in [-0.3, -0.25) is 4.79 Å². The number of halogens is 2. The molecule has 0 saturated carbocycles. The van der Waals surface area contributed by atoms with Crippen LogP contribution >= 0.6 is 11.6 Å². The first-order valence-electron chi connectivity index (χ1n) is 6.15. The highest BCUT2D eigenvalue weighted by molar-refractivity contribution is 6.30. The Morgan fingerprint density at radius 2 is 2.00 bits per heavy atom. The number of rotatable bonds is 3. The molecule has 0 saturated heterocycles. The highest BCUT2D eigenvalue weighted by atomic mass is 35.5. The molecule has 20 heavy (non-hydrogen) atoms. The van der Waals surface area contributed by atoms with Crippen LogP contribution in [-0.4, -0.2) is 10.9 Å². The van der Waals surface area contributed by atoms with Crippen molar-refractivity contribution < 1.29 is 9.18 Å². The molecule has 100 valence electrons. The lowest BCUT2D eigenvalue weighted by Crippen LogP contribution is -2.00. The Kier molecular flexibility index (Phi) is 3.28. The maximum Gasteiger partial charge on any atom is 0.150 e. The van der Waals surface area contributed by atoms with E-state index in [0.717, 1.165) is 17.2 Å². The first-order valence-corrected chi connectivity index (χ1v) is 6.53. The molecule has 4 heteroatoms. The Morgan fingerprint density at radius 1 is 1.15 bits per heavy atom. The first kappa shape index (κ1) is 12.9. The van der Waals surface area contributed by atoms with E-state index in [-0.39, 0.29) is 5.82 Å². The fraction of sp³-hybridized carbons (Fsp3) is 0.0625. The van der Waals surface area contributed by atoms with Gasteiger partial charge in [-0.15, -0.1) is 0 Å². The van der Waals surface area contributed by atoms with Crippen molar-refractivity contribution in [1.29, 1.82) is 0 Å². The Labute approximate surface area is 120 Å². The van der Waals surface area contributed by atoms with Crippen molar-refractivity contribution in [3.63, 3.8) is 0 Å². The van der Waals surface area contributed by atoms with Crippen LogP contribution in [-0.2, 0) is 6.54 Å². The maximum atomic E-state index is 13.8. The molecule has 0 N–H and O–H groups in total. The number of hydrogen-bond donors (Lipinski definition) is 0. The number of aldehydes is 1. The van der Waals surface area contributed by atoms with Gasteiger partial charge in [0.05, 0.1) is 6.54 Å². The number of hydrogen-bond acceptors (Lipinski definition) is 1. The quantitative estimate of drug-likeness (QED) is 0.659. The summed E-state index contributed by atoms with van der Waals surface area (Å²) in [5, 5.41) is 1.35. The van der Waals surface area contributed by atoms with E-state index in [0.29, 0.717) is 22.7 Å². The largest absolute Gasteiger partial charge is 0.343 e. The summed E-state index contributed by atoms with van der Waals surface area (Å²) in [6, 6.07) is 12.0. The zero-order valence-corrected chi connectivity index (χ0v) is 11.3. The third-order valence-electron chi connectivity index (χ3n) is 3.29. The van der Waals surface area contributed by atoms with Gasteiger partial charge in [-0.2, -0.15) is 0 Å². The third kappa shape index (κ3) is 2.32. The zero-order valence-electron chi connectivity index (χ0n) is 10.5. The van der Waals surface area contributed by atoms with Crippen molar-refractivity contribution in [3.8, 4) is 0 Å². The summed E-state index contributed by atoms with van der Waals surface area (Å²) in [5.41, 5.74) is 2.17. The van der Waals surface area contributed by atoms with E-state index in [4.69, 9.17) is 11.6 Å². The fourth-order valence-electron chi connectivity index (χ4n) is 2.26. The van der Waals surface area contributed by atoms with Gasteiger partial charge in [0.25, 0.3) is 0 Å². The molecule has 3 aromatic rings. The lowest BCUT2D eigenvalue weighted by molar-refractivity contribution is 0.112. The molecular formula is C16H11ClFNO. The summed E-state index contributed by atoms with van der Waals surface area (Å²) in [4.78, 5) is 10.8. The van der Waals surface area contributed by atoms with Crippen LogP contribution in [0, 0.1) is 5.82 Å². The molecule has 0 fully saturated rings. The second kappa shape index (κ2) is 5.10. The van der Waals surface area contributed by atoms with Gasteiger partial charge < -0.3 is 4.57 Å². The van der Waals surface area contributed by atoms with Crippen LogP contribution in [0.5, 0.6) is 0 Å². The fourth-order valence-corrected chi connectivity index (χ4v) is 2.42. The van der Waals surface area contributed by atoms with Crippen molar-refractivity contribution in [1.82, 2.24) is 4.57 Å². The van der Waals surface area contributed by atoms with Gasteiger partial charge in [0.2, 0.25) is 0 Å². The molecule has 0 aliphatic heterocycles. The summed E-state index contributed by atoms with van der Waals surface area (Å²) in [6.45, 7) is 0.424. The van der Waals surface area contributed by atoms with Gasteiger partial charge in [0.15, 0.2) is 0 Å². The summed E-state index contributed by atoms with van der Waals surface area (Å²) < 4.78 is 15.8. The Morgan fingerprint density at radius 3 is 2.75 bits per heavy atom. The molecular weight excluding hydrogens is 277 g/mol. The van der Waals surface area contributed by atoms with Crippen molar-refractivity contribution in [2.24, 2.45) is 0 Å². The van der Waals surface area contributed by atoms with Gasteiger partial charge in [0.1, 0.15) is 12.1 Å². The van der Waals surface area contributed by atoms with Gasteiger partial charge in [-0.05, 0) is 36.4 Å². The van der Waals surface area contributed by atoms with Crippen LogP contribution in [0.15, 0.2) is 48.7 Å². The highest BCUT2D eigenvalue weighted by Crippen LogP contribution is 2.21. The molecule has 0 aliphatic rings. The van der Waals surface area contributed by atoms with E-state index in [1.807, 2.05) is 29.0 Å². The number of benzene rings is 2. The Bertz CT molecular complexity index is 794. The number of nitrogens with zero attached hydrogens (tertiary/aromatic N) is 1. The molecule has 0 unspecified atom stereocenters. The normalized spacial score (nSPS) is 10.9. The van der Waals surface area contributed by atoms with Gasteiger partial charge in [-0.1, -0.05) is 17.7 Å². The van der Waals surface area contributed by atoms with Crippen molar-refractivity contribution in [2.75, 3.05) is 0 Å². The second-order valence-corrected chi connectivity index (χ2v) is 5.05. The Hall–Kier alpha value is -2.13. The summed E-state index contributed by atoms with van der Waals surface area (Å²) in [7, 11) is 0. The van der Waals surface area contributed by atoms with Gasteiger partial charge >= 0.3 is 0 Å².